The van der Waals surface area contributed by atoms with Gasteiger partial charge in [-0.25, -0.2) is 9.18 Å². The number of anilines is 1. The number of ether oxygens (including phenoxy) is 1. The third-order valence-electron chi connectivity index (χ3n) is 3.73. The van der Waals surface area contributed by atoms with Gasteiger partial charge in [-0.1, -0.05) is 6.07 Å². The van der Waals surface area contributed by atoms with E-state index in [0.29, 0.717) is 16.8 Å². The minimum Gasteiger partial charge on any atom is -0.820 e. The van der Waals surface area contributed by atoms with E-state index in [4.69, 9.17) is 4.74 Å². The zero-order chi connectivity index (χ0) is 18.0. The molecule has 3 rings (SSSR count). The Labute approximate surface area is 201 Å². The van der Waals surface area contributed by atoms with E-state index >= 15 is 0 Å². The van der Waals surface area contributed by atoms with Gasteiger partial charge in [0.15, 0.2) is 0 Å². The van der Waals surface area contributed by atoms with Crippen molar-refractivity contribution in [2.45, 2.75) is 13.0 Å². The zero-order valence-corrected chi connectivity index (χ0v) is 20.1. The van der Waals surface area contributed by atoms with Crippen LogP contribution in [-0.2, 0) is 9.26 Å². The summed E-state index contributed by atoms with van der Waals surface area (Å²) in [6, 6.07) is 7.93. The van der Waals surface area contributed by atoms with Crippen molar-refractivity contribution in [3.63, 3.8) is 0 Å². The van der Waals surface area contributed by atoms with Gasteiger partial charge in [-0.3, -0.25) is 9.88 Å². The first-order valence-electron chi connectivity index (χ1n) is 7.42. The van der Waals surface area contributed by atoms with E-state index in [2.05, 4.69) is 9.51 Å². The van der Waals surface area contributed by atoms with Crippen LogP contribution >= 0.6 is 8.60 Å². The van der Waals surface area contributed by atoms with Crippen LogP contribution in [0.3, 0.4) is 0 Å². The van der Waals surface area contributed by atoms with Crippen molar-refractivity contribution in [2.75, 3.05) is 18.1 Å². The predicted octanol–water partition coefficient (Wildman–Crippen LogP) is -4.51. The Hall–Kier alpha value is -0.120. The summed E-state index contributed by atoms with van der Waals surface area (Å²) >= 11 is 0. The van der Waals surface area contributed by atoms with Gasteiger partial charge in [0.05, 0.1) is 18.8 Å². The molecular formula is C16H14FN2Na2O5P. The van der Waals surface area contributed by atoms with Crippen LogP contribution in [0.2, 0.25) is 0 Å². The van der Waals surface area contributed by atoms with Crippen LogP contribution in [0.15, 0.2) is 36.5 Å². The maximum Gasteiger partial charge on any atom is 1.00 e. The smallest absolute Gasteiger partial charge is 0.820 e. The molecule has 2 aromatic rings. The quantitative estimate of drug-likeness (QED) is 0.364. The minimum atomic E-state index is -3.01. The van der Waals surface area contributed by atoms with E-state index in [0.717, 1.165) is 5.69 Å². The number of amides is 1. The molecule has 0 radical (unpaired) electrons. The number of pyridine rings is 1. The molecule has 1 aromatic heterocycles. The van der Waals surface area contributed by atoms with E-state index in [9.17, 15) is 19.0 Å². The van der Waals surface area contributed by atoms with E-state index in [-0.39, 0.29) is 72.3 Å². The second-order valence-corrected chi connectivity index (χ2v) is 6.19. The standard InChI is InChI=1S/C16H14FN2O5P.2Na/c1-10-2-3-11(7-18-10)14-5-4-12(6-15(14)17)19-8-13(24-16(19)20)9-23-25(21)22;;/h2-7,13H,8-9H2,1H3;;/q-2;2*+1. The summed E-state index contributed by atoms with van der Waals surface area (Å²) in [5.74, 6) is -0.502. The largest absolute Gasteiger partial charge is 1.00 e. The second-order valence-electron chi connectivity index (χ2n) is 5.49. The van der Waals surface area contributed by atoms with Gasteiger partial charge in [-0.2, -0.15) is 8.60 Å². The number of rotatable bonds is 5. The number of hydrogen-bond acceptors (Lipinski definition) is 6. The first-order chi connectivity index (χ1) is 11.9. The molecule has 132 valence electrons. The van der Waals surface area contributed by atoms with Crippen LogP contribution in [0, 0.1) is 12.7 Å². The van der Waals surface area contributed by atoms with Crippen LogP contribution < -0.4 is 73.8 Å². The number of benzene rings is 1. The molecule has 1 aromatic carbocycles. The van der Waals surface area contributed by atoms with Crippen molar-refractivity contribution in [1.82, 2.24) is 4.98 Å². The van der Waals surface area contributed by atoms with Gasteiger partial charge < -0.3 is 19.0 Å². The number of carbonyl (C=O) groups is 1. The molecule has 1 aliphatic heterocycles. The molecule has 1 fully saturated rings. The summed E-state index contributed by atoms with van der Waals surface area (Å²) < 4.78 is 23.9. The maximum absolute atomic E-state index is 14.5. The molecule has 11 heteroatoms. The fourth-order valence-corrected chi connectivity index (χ4v) is 2.78. The van der Waals surface area contributed by atoms with Gasteiger partial charge in [-0.05, 0) is 31.2 Å². The Kier molecular flexibility index (Phi) is 10.3. The molecule has 7 nitrogen and oxygen atoms in total. The Morgan fingerprint density at radius 3 is 2.67 bits per heavy atom. The SMILES string of the molecule is Cc1ccc(-c2ccc(N3CC(COP([O-])[O-])OC3=O)cc2F)cn1.[Na+].[Na+]. The van der Waals surface area contributed by atoms with E-state index in [1.807, 2.05) is 6.92 Å². The predicted molar refractivity (Wildman–Crippen MR) is 84.9 cm³/mol. The Morgan fingerprint density at radius 1 is 1.33 bits per heavy atom. The van der Waals surface area contributed by atoms with E-state index in [1.54, 1.807) is 30.5 Å². The molecule has 1 unspecified atom stereocenters. The van der Waals surface area contributed by atoms with E-state index in [1.165, 1.54) is 11.0 Å². The average Bonchev–Trinajstić information content (AvgIpc) is 2.95. The molecule has 1 atom stereocenters. The second kappa shape index (κ2) is 11.2. The number of halogens is 1. The van der Waals surface area contributed by atoms with Gasteiger partial charge in [0, 0.05) is 23.0 Å². The van der Waals surface area contributed by atoms with Gasteiger partial charge in [-0.15, -0.1) is 0 Å². The fourth-order valence-electron chi connectivity index (χ4n) is 2.50. The Balaban J connectivity index is 0.00000182. The number of aryl methyl sites for hydroxylation is 1. The average molecular weight is 410 g/mol. The number of carbonyl (C=O) groups excluding carboxylic acids is 1. The van der Waals surface area contributed by atoms with Crippen LogP contribution in [0.25, 0.3) is 11.1 Å². The maximum atomic E-state index is 14.5. The molecular weight excluding hydrogens is 396 g/mol. The Morgan fingerprint density at radius 2 is 2.07 bits per heavy atom. The number of aromatic nitrogens is 1. The van der Waals surface area contributed by atoms with Gasteiger partial charge in [0.25, 0.3) is 0 Å². The summed E-state index contributed by atoms with van der Waals surface area (Å²) in [7, 11) is -3.01. The van der Waals surface area contributed by atoms with Crippen molar-refractivity contribution >= 4 is 20.4 Å². The molecule has 0 N–H and O–H groups in total. The third kappa shape index (κ3) is 6.44. The van der Waals surface area contributed by atoms with Crippen molar-refractivity contribution in [3.05, 3.63) is 48.0 Å². The van der Waals surface area contributed by atoms with Gasteiger partial charge >= 0.3 is 65.2 Å². The van der Waals surface area contributed by atoms with Crippen LogP contribution in [0.1, 0.15) is 5.69 Å². The van der Waals surface area contributed by atoms with Crippen molar-refractivity contribution in [3.8, 4) is 11.1 Å². The summed E-state index contributed by atoms with van der Waals surface area (Å²) in [5, 5.41) is 0. The minimum absolute atomic E-state index is 0. The fraction of sp³-hybridized carbons (Fsp3) is 0.250. The van der Waals surface area contributed by atoms with Gasteiger partial charge in [0.2, 0.25) is 0 Å². The van der Waals surface area contributed by atoms with Crippen molar-refractivity contribution in [2.24, 2.45) is 0 Å². The molecule has 1 amide bonds. The first kappa shape index (κ1) is 24.9. The molecule has 0 spiro atoms. The van der Waals surface area contributed by atoms with Gasteiger partial charge in [0.1, 0.15) is 11.9 Å². The normalized spacial score (nSPS) is 16.0. The van der Waals surface area contributed by atoms with Crippen LogP contribution in [0.5, 0.6) is 0 Å². The topological polar surface area (TPSA) is 97.8 Å². The monoisotopic (exact) mass is 410 g/mol. The summed E-state index contributed by atoms with van der Waals surface area (Å²) in [4.78, 5) is 38.1. The summed E-state index contributed by atoms with van der Waals surface area (Å²) in [6.45, 7) is 1.65. The first-order valence-corrected chi connectivity index (χ1v) is 8.51. The number of nitrogens with zero attached hydrogens (tertiary/aromatic N) is 2. The van der Waals surface area contributed by atoms with Crippen molar-refractivity contribution < 1.29 is 87.3 Å². The molecule has 0 aliphatic carbocycles. The molecule has 0 saturated carbocycles. The molecule has 0 bridgehead atoms. The molecule has 2 heterocycles. The Bertz CT molecular complexity index is 782. The van der Waals surface area contributed by atoms with Crippen LogP contribution in [0.4, 0.5) is 14.9 Å². The summed E-state index contributed by atoms with van der Waals surface area (Å²) in [6.07, 6.45) is 0.165. The van der Waals surface area contributed by atoms with Crippen LogP contribution in [-0.4, -0.2) is 30.3 Å². The summed E-state index contributed by atoms with van der Waals surface area (Å²) in [5.41, 5.74) is 2.14. The number of cyclic esters (lactones) is 1. The van der Waals surface area contributed by atoms with Crippen molar-refractivity contribution in [1.29, 1.82) is 0 Å². The zero-order valence-electron chi connectivity index (χ0n) is 15.2. The molecule has 27 heavy (non-hydrogen) atoms. The molecule has 1 saturated heterocycles. The third-order valence-corrected chi connectivity index (χ3v) is 4.09. The molecule has 1 aliphatic rings. The number of hydrogen-bond donors (Lipinski definition) is 0. The van der Waals surface area contributed by atoms with E-state index < -0.39 is 26.6 Å².